The zero-order valence-corrected chi connectivity index (χ0v) is 16.6. The molecule has 0 unspecified atom stereocenters. The third kappa shape index (κ3) is 9.34. The Bertz CT molecular complexity index is 391. The molecule has 1 heterocycles. The number of unbranched alkanes of at least 4 members (excludes halogenated alkanes) is 10. The molecule has 0 aliphatic carbocycles. The molecule has 1 fully saturated rings. The summed E-state index contributed by atoms with van der Waals surface area (Å²) >= 11 is 0. The van der Waals surface area contributed by atoms with Gasteiger partial charge >= 0.3 is 5.97 Å². The number of rotatable bonds is 14. The van der Waals surface area contributed by atoms with E-state index >= 15 is 0 Å². The molecule has 1 aliphatic rings. The molecule has 7 heteroatoms. The second kappa shape index (κ2) is 14.3. The maximum absolute atomic E-state index is 11.9. The summed E-state index contributed by atoms with van der Waals surface area (Å²) in [4.78, 5) is 11.9. The van der Waals surface area contributed by atoms with Gasteiger partial charge in [-0.15, -0.1) is 0 Å². The standard InChI is InChI=1S/C20H38O7/c1-2-3-4-5-6-7-8-9-10-11-12-13-16(22)27-19-17(23)15(14-21)26-20(25)18(19)24/h15,17-21,23-25H,2-14H2,1H3/t15-,17-,18-,19+,20+/m1/s1. The first kappa shape index (κ1) is 24.3. The van der Waals surface area contributed by atoms with Gasteiger partial charge in [0.2, 0.25) is 0 Å². The predicted molar refractivity (Wildman–Crippen MR) is 101 cm³/mol. The molecule has 0 saturated carbocycles. The van der Waals surface area contributed by atoms with Crippen LogP contribution in [0, 0.1) is 0 Å². The average molecular weight is 391 g/mol. The summed E-state index contributed by atoms with van der Waals surface area (Å²) in [5, 5.41) is 38.5. The van der Waals surface area contributed by atoms with Crippen molar-refractivity contribution in [3.05, 3.63) is 0 Å². The minimum Gasteiger partial charge on any atom is -0.456 e. The maximum atomic E-state index is 11.9. The molecule has 4 N–H and O–H groups in total. The lowest BCUT2D eigenvalue weighted by molar-refractivity contribution is -0.289. The monoisotopic (exact) mass is 390 g/mol. The molecule has 7 nitrogen and oxygen atoms in total. The molecule has 1 aliphatic heterocycles. The number of aliphatic hydroxyl groups excluding tert-OH is 4. The van der Waals surface area contributed by atoms with Crippen molar-refractivity contribution in [1.29, 1.82) is 0 Å². The molecule has 1 rings (SSSR count). The van der Waals surface area contributed by atoms with E-state index in [1.807, 2.05) is 0 Å². The van der Waals surface area contributed by atoms with Crippen LogP contribution in [-0.4, -0.2) is 63.7 Å². The highest BCUT2D eigenvalue weighted by molar-refractivity contribution is 5.69. The van der Waals surface area contributed by atoms with Crippen LogP contribution in [0.4, 0.5) is 0 Å². The first-order chi connectivity index (χ1) is 13.0. The normalized spacial score (nSPS) is 28.3. The van der Waals surface area contributed by atoms with Gasteiger partial charge in [0.25, 0.3) is 0 Å². The molecule has 0 spiro atoms. The Morgan fingerprint density at radius 1 is 0.852 bits per heavy atom. The number of hydrogen-bond acceptors (Lipinski definition) is 7. The minimum atomic E-state index is -1.61. The molecular weight excluding hydrogens is 352 g/mol. The molecule has 0 aromatic heterocycles. The van der Waals surface area contributed by atoms with E-state index in [1.165, 1.54) is 51.4 Å². The second-order valence-corrected chi connectivity index (χ2v) is 7.47. The summed E-state index contributed by atoms with van der Waals surface area (Å²) in [5.41, 5.74) is 0. The molecule has 27 heavy (non-hydrogen) atoms. The zero-order valence-electron chi connectivity index (χ0n) is 16.6. The van der Waals surface area contributed by atoms with Crippen LogP contribution >= 0.6 is 0 Å². The third-order valence-corrected chi connectivity index (χ3v) is 5.09. The largest absolute Gasteiger partial charge is 0.456 e. The van der Waals surface area contributed by atoms with Gasteiger partial charge in [0.1, 0.15) is 18.3 Å². The summed E-state index contributed by atoms with van der Waals surface area (Å²) in [5.74, 6) is -0.528. The number of ether oxygens (including phenoxy) is 2. The highest BCUT2D eigenvalue weighted by Crippen LogP contribution is 2.23. The molecule has 0 radical (unpaired) electrons. The molecule has 0 aromatic carbocycles. The van der Waals surface area contributed by atoms with Crippen LogP contribution in [0.5, 0.6) is 0 Å². The van der Waals surface area contributed by atoms with E-state index < -0.39 is 43.3 Å². The molecule has 5 atom stereocenters. The SMILES string of the molecule is CCCCCCCCCCCCCC(=O)O[C@@H]1[C@@H](O)[C@@H](O)O[C@H](CO)[C@H]1O. The average Bonchev–Trinajstić information content (AvgIpc) is 2.66. The Morgan fingerprint density at radius 3 is 1.89 bits per heavy atom. The van der Waals surface area contributed by atoms with Crippen molar-refractivity contribution in [3.63, 3.8) is 0 Å². The van der Waals surface area contributed by atoms with E-state index in [4.69, 9.17) is 14.6 Å². The van der Waals surface area contributed by atoms with Crippen LogP contribution in [0.2, 0.25) is 0 Å². The molecule has 1 saturated heterocycles. The minimum absolute atomic E-state index is 0.202. The molecule has 0 amide bonds. The number of carbonyl (C=O) groups excluding carboxylic acids is 1. The van der Waals surface area contributed by atoms with Crippen molar-refractivity contribution < 1.29 is 34.7 Å². The van der Waals surface area contributed by atoms with Gasteiger partial charge in [-0.25, -0.2) is 0 Å². The summed E-state index contributed by atoms with van der Waals surface area (Å²) in [7, 11) is 0. The van der Waals surface area contributed by atoms with Gasteiger partial charge in [0.15, 0.2) is 12.4 Å². The Balaban J connectivity index is 2.09. The van der Waals surface area contributed by atoms with Gasteiger partial charge in [-0.3, -0.25) is 4.79 Å². The molecule has 0 bridgehead atoms. The third-order valence-electron chi connectivity index (χ3n) is 5.09. The maximum Gasteiger partial charge on any atom is 0.306 e. The topological polar surface area (TPSA) is 116 Å². The Labute approximate surface area is 162 Å². The van der Waals surface area contributed by atoms with E-state index in [1.54, 1.807) is 0 Å². The number of aliphatic hydroxyl groups is 4. The van der Waals surface area contributed by atoms with Crippen LogP contribution in [-0.2, 0) is 14.3 Å². The van der Waals surface area contributed by atoms with E-state index in [-0.39, 0.29) is 6.42 Å². The zero-order chi connectivity index (χ0) is 20.1. The van der Waals surface area contributed by atoms with E-state index in [0.717, 1.165) is 12.8 Å². The number of carbonyl (C=O) groups is 1. The fraction of sp³-hybridized carbons (Fsp3) is 0.950. The van der Waals surface area contributed by atoms with Gasteiger partial charge in [0, 0.05) is 6.42 Å². The van der Waals surface area contributed by atoms with Crippen molar-refractivity contribution in [3.8, 4) is 0 Å². The van der Waals surface area contributed by atoms with E-state index in [9.17, 15) is 20.1 Å². The second-order valence-electron chi connectivity index (χ2n) is 7.47. The molecule has 0 aromatic rings. The number of hydrogen-bond donors (Lipinski definition) is 4. The Kier molecular flexibility index (Phi) is 12.9. The Hall–Kier alpha value is -0.730. The summed E-state index contributed by atoms with van der Waals surface area (Å²) < 4.78 is 9.98. The van der Waals surface area contributed by atoms with Crippen LogP contribution in [0.25, 0.3) is 0 Å². The summed E-state index contributed by atoms with van der Waals surface area (Å²) in [6, 6.07) is 0. The summed E-state index contributed by atoms with van der Waals surface area (Å²) in [6.45, 7) is 1.68. The van der Waals surface area contributed by atoms with Crippen molar-refractivity contribution in [1.82, 2.24) is 0 Å². The fourth-order valence-electron chi connectivity index (χ4n) is 3.35. The van der Waals surface area contributed by atoms with Crippen LogP contribution in [0.1, 0.15) is 84.0 Å². The lowest BCUT2D eigenvalue weighted by atomic mass is 9.99. The van der Waals surface area contributed by atoms with Crippen molar-refractivity contribution >= 4 is 5.97 Å². The van der Waals surface area contributed by atoms with E-state index in [0.29, 0.717) is 6.42 Å². The fourth-order valence-corrected chi connectivity index (χ4v) is 3.35. The lowest BCUT2D eigenvalue weighted by Crippen LogP contribution is -2.59. The smallest absolute Gasteiger partial charge is 0.306 e. The van der Waals surface area contributed by atoms with E-state index in [2.05, 4.69) is 6.92 Å². The van der Waals surface area contributed by atoms with Gasteiger partial charge in [-0.1, -0.05) is 71.1 Å². The number of esters is 1. The van der Waals surface area contributed by atoms with Gasteiger partial charge in [-0.05, 0) is 6.42 Å². The first-order valence-electron chi connectivity index (χ1n) is 10.5. The van der Waals surface area contributed by atoms with Gasteiger partial charge in [-0.2, -0.15) is 0 Å². The van der Waals surface area contributed by atoms with Crippen molar-refractivity contribution in [2.24, 2.45) is 0 Å². The van der Waals surface area contributed by atoms with Crippen LogP contribution in [0.15, 0.2) is 0 Å². The highest BCUT2D eigenvalue weighted by Gasteiger charge is 2.45. The van der Waals surface area contributed by atoms with Crippen LogP contribution in [0.3, 0.4) is 0 Å². The first-order valence-corrected chi connectivity index (χ1v) is 10.5. The van der Waals surface area contributed by atoms with Crippen LogP contribution < -0.4 is 0 Å². The highest BCUT2D eigenvalue weighted by atomic mass is 16.7. The molecule has 160 valence electrons. The summed E-state index contributed by atoms with van der Waals surface area (Å²) in [6.07, 6.45) is 6.25. The predicted octanol–water partition coefficient (Wildman–Crippen LogP) is 2.03. The molecular formula is C20H38O7. The van der Waals surface area contributed by atoms with Gasteiger partial charge in [0.05, 0.1) is 6.61 Å². The Morgan fingerprint density at radius 2 is 1.37 bits per heavy atom. The quantitative estimate of drug-likeness (QED) is 0.265. The van der Waals surface area contributed by atoms with Crippen molar-refractivity contribution in [2.45, 2.75) is 115 Å². The van der Waals surface area contributed by atoms with Gasteiger partial charge < -0.3 is 29.9 Å². The lowest BCUT2D eigenvalue weighted by Gasteiger charge is -2.39. The van der Waals surface area contributed by atoms with Crippen molar-refractivity contribution in [2.75, 3.05) is 6.61 Å².